The first-order chi connectivity index (χ1) is 35.5. The number of hydrogen-bond acceptors (Lipinski definition) is 6. The lowest BCUT2D eigenvalue weighted by atomic mass is 10.0. The number of nitrogens with zero attached hydrogens (tertiary/aromatic N) is 1. The Kier molecular flexibility index (Phi) is 54.9. The van der Waals surface area contributed by atoms with Crippen LogP contribution in [0.4, 0.5) is 0 Å². The van der Waals surface area contributed by atoms with Crippen molar-refractivity contribution in [1.29, 1.82) is 0 Å². The molecule has 2 N–H and O–H groups in total. The molecule has 0 saturated carbocycles. The highest BCUT2D eigenvalue weighted by Crippen LogP contribution is 2.38. The van der Waals surface area contributed by atoms with Crippen LogP contribution in [0.5, 0.6) is 0 Å². The van der Waals surface area contributed by atoms with Crippen molar-refractivity contribution in [2.45, 2.75) is 341 Å². The SMILES string of the molecule is CCCCCC/C=C\C/C=C\CCCCCCCCCC(=O)NC(COP(=O)([O-])OCC[N+](C)(C)C)C(O)CCCCCCCCCCCCCCCCCCCCCCCCCCCCCCCCCCC. The third-order valence-electron chi connectivity index (χ3n) is 14.9. The van der Waals surface area contributed by atoms with Gasteiger partial charge < -0.3 is 28.8 Å². The number of aliphatic hydroxyl groups excluding tert-OH is 1. The van der Waals surface area contributed by atoms with E-state index in [2.05, 4.69) is 43.5 Å². The molecule has 0 fully saturated rings. The van der Waals surface area contributed by atoms with Gasteiger partial charge in [-0.3, -0.25) is 9.36 Å². The Morgan fingerprint density at radius 2 is 0.795 bits per heavy atom. The van der Waals surface area contributed by atoms with Gasteiger partial charge in [-0.2, -0.15) is 0 Å². The van der Waals surface area contributed by atoms with Crippen molar-refractivity contribution in [2.75, 3.05) is 40.9 Å². The molecule has 1 amide bonds. The minimum atomic E-state index is -4.58. The van der Waals surface area contributed by atoms with Gasteiger partial charge in [0.05, 0.1) is 39.9 Å². The molecule has 0 radical (unpaired) electrons. The van der Waals surface area contributed by atoms with Gasteiger partial charge in [-0.1, -0.05) is 301 Å². The van der Waals surface area contributed by atoms with E-state index < -0.39 is 20.0 Å². The highest BCUT2D eigenvalue weighted by atomic mass is 31.2. The molecule has 434 valence electrons. The summed E-state index contributed by atoms with van der Waals surface area (Å²) in [5.74, 6) is -0.168. The van der Waals surface area contributed by atoms with Gasteiger partial charge in [0.2, 0.25) is 5.91 Å². The summed E-state index contributed by atoms with van der Waals surface area (Å²) >= 11 is 0. The van der Waals surface area contributed by atoms with Gasteiger partial charge in [0.15, 0.2) is 0 Å². The Bertz CT molecular complexity index is 1240. The molecule has 73 heavy (non-hydrogen) atoms. The fourth-order valence-corrected chi connectivity index (χ4v) is 10.6. The van der Waals surface area contributed by atoms with E-state index in [0.717, 1.165) is 51.4 Å². The predicted molar refractivity (Wildman–Crippen MR) is 316 cm³/mol. The van der Waals surface area contributed by atoms with E-state index in [1.807, 2.05) is 21.1 Å². The van der Waals surface area contributed by atoms with Gasteiger partial charge >= 0.3 is 0 Å². The van der Waals surface area contributed by atoms with Crippen molar-refractivity contribution in [3.05, 3.63) is 24.3 Å². The molecule has 0 aromatic carbocycles. The maximum absolute atomic E-state index is 13.0. The largest absolute Gasteiger partial charge is 0.756 e. The summed E-state index contributed by atoms with van der Waals surface area (Å²) in [7, 11) is 1.31. The number of quaternary nitrogens is 1. The van der Waals surface area contributed by atoms with Gasteiger partial charge in [0.25, 0.3) is 7.82 Å². The van der Waals surface area contributed by atoms with E-state index >= 15 is 0 Å². The summed E-state index contributed by atoms with van der Waals surface area (Å²) < 4.78 is 23.5. The maximum Gasteiger partial charge on any atom is 0.268 e. The molecule has 0 heterocycles. The van der Waals surface area contributed by atoms with Crippen LogP contribution in [0.15, 0.2) is 24.3 Å². The number of phosphoric acid groups is 1. The van der Waals surface area contributed by atoms with Crippen LogP contribution in [0.25, 0.3) is 0 Å². The number of carbonyl (C=O) groups excluding carboxylic acids is 1. The Balaban J connectivity index is 4.00. The third kappa shape index (κ3) is 58.5. The van der Waals surface area contributed by atoms with Crippen molar-refractivity contribution in [3.63, 3.8) is 0 Å². The lowest BCUT2D eigenvalue weighted by Gasteiger charge is -2.30. The minimum Gasteiger partial charge on any atom is -0.756 e. The highest BCUT2D eigenvalue weighted by molar-refractivity contribution is 7.45. The molecule has 0 aliphatic carbocycles. The zero-order valence-electron chi connectivity index (χ0n) is 49.6. The first kappa shape index (κ1) is 72.0. The fourth-order valence-electron chi connectivity index (χ4n) is 9.90. The number of likely N-dealkylation sites (N-methyl/N-ethyl adjacent to an activating group) is 1. The summed E-state index contributed by atoms with van der Waals surface area (Å²) in [6, 6.07) is -0.805. The van der Waals surface area contributed by atoms with Crippen molar-refractivity contribution in [1.82, 2.24) is 5.32 Å². The number of rotatable bonds is 60. The molecule has 0 bridgehead atoms. The average Bonchev–Trinajstić information content (AvgIpc) is 3.35. The molecule has 8 nitrogen and oxygen atoms in total. The van der Waals surface area contributed by atoms with Crippen LogP contribution in [0.3, 0.4) is 0 Å². The van der Waals surface area contributed by atoms with Crippen molar-refractivity contribution in [2.24, 2.45) is 0 Å². The lowest BCUT2D eigenvalue weighted by Crippen LogP contribution is -2.46. The van der Waals surface area contributed by atoms with Gasteiger partial charge in [0, 0.05) is 6.42 Å². The van der Waals surface area contributed by atoms with Gasteiger partial charge in [-0.25, -0.2) is 0 Å². The first-order valence-electron chi connectivity index (χ1n) is 32.2. The Morgan fingerprint density at radius 1 is 0.479 bits per heavy atom. The van der Waals surface area contributed by atoms with Crippen LogP contribution in [0, 0.1) is 0 Å². The average molecular weight is 1050 g/mol. The third-order valence-corrected chi connectivity index (χ3v) is 15.9. The Hall–Kier alpha value is -1.02. The minimum absolute atomic E-state index is 0.0117. The van der Waals surface area contributed by atoms with E-state index in [9.17, 15) is 19.4 Å². The monoisotopic (exact) mass is 1050 g/mol. The first-order valence-corrected chi connectivity index (χ1v) is 33.6. The van der Waals surface area contributed by atoms with Crippen LogP contribution < -0.4 is 10.2 Å². The number of carbonyl (C=O) groups is 1. The number of nitrogens with one attached hydrogen (secondary N) is 1. The maximum atomic E-state index is 13.0. The van der Waals surface area contributed by atoms with Gasteiger partial charge in [-0.15, -0.1) is 0 Å². The van der Waals surface area contributed by atoms with Crippen LogP contribution in [-0.2, 0) is 18.4 Å². The van der Waals surface area contributed by atoms with Crippen molar-refractivity contribution >= 4 is 13.7 Å². The molecular weight excluding hydrogens is 924 g/mol. The smallest absolute Gasteiger partial charge is 0.268 e. The van der Waals surface area contributed by atoms with E-state index in [-0.39, 0.29) is 19.1 Å². The van der Waals surface area contributed by atoms with Crippen molar-refractivity contribution in [3.8, 4) is 0 Å². The fraction of sp³-hybridized carbons (Fsp3) is 0.922. The Labute approximate surface area is 455 Å². The number of amides is 1. The number of aliphatic hydroxyl groups is 1. The Morgan fingerprint density at radius 3 is 1.15 bits per heavy atom. The number of hydrogen-bond donors (Lipinski definition) is 2. The second kappa shape index (κ2) is 55.7. The highest BCUT2D eigenvalue weighted by Gasteiger charge is 2.24. The van der Waals surface area contributed by atoms with Gasteiger partial charge in [0.1, 0.15) is 13.2 Å². The van der Waals surface area contributed by atoms with Gasteiger partial charge in [-0.05, 0) is 44.9 Å². The standard InChI is InChI=1S/C64H127N2O6P/c1-6-8-10-12-14-16-18-20-22-24-26-27-28-29-30-31-32-33-34-35-36-37-38-39-40-41-43-45-47-49-51-53-55-57-63(67)62(61-72-73(69,70)71-60-59-66(3,4)5)65-64(68)58-56-54-52-50-48-46-44-42-25-23-21-19-17-15-13-11-9-7-2/h17,19,23,25,62-63,67H,6-16,18,20-22,24,26-61H2,1-5H3,(H-,65,68,69,70)/b19-17-,25-23-. The topological polar surface area (TPSA) is 108 Å². The molecule has 0 aromatic rings. The quantitative estimate of drug-likeness (QED) is 0.0272. The molecule has 3 atom stereocenters. The zero-order chi connectivity index (χ0) is 53.5. The molecule has 0 spiro atoms. The summed E-state index contributed by atoms with van der Waals surface area (Å²) in [6.45, 7) is 4.74. The van der Waals surface area contributed by atoms with E-state index in [1.165, 1.54) is 250 Å². The second-order valence-electron chi connectivity index (χ2n) is 23.5. The molecule has 0 aromatic heterocycles. The number of unbranched alkanes of at least 4 members (excludes halogenated alkanes) is 43. The summed E-state index contributed by atoms with van der Waals surface area (Å²) in [6.07, 6.45) is 71.0. The second-order valence-corrected chi connectivity index (χ2v) is 24.9. The summed E-state index contributed by atoms with van der Waals surface area (Å²) in [5, 5.41) is 14.1. The van der Waals surface area contributed by atoms with E-state index in [0.29, 0.717) is 23.9 Å². The zero-order valence-corrected chi connectivity index (χ0v) is 50.5. The normalized spacial score (nSPS) is 13.9. The molecule has 0 aliphatic rings. The molecule has 9 heteroatoms. The molecular formula is C64H127N2O6P. The molecule has 0 aliphatic heterocycles. The molecule has 3 unspecified atom stereocenters. The molecule has 0 saturated heterocycles. The van der Waals surface area contributed by atoms with E-state index in [4.69, 9.17) is 9.05 Å². The van der Waals surface area contributed by atoms with Crippen LogP contribution in [0.1, 0.15) is 328 Å². The predicted octanol–water partition coefficient (Wildman–Crippen LogP) is 19.3. The summed E-state index contributed by atoms with van der Waals surface area (Å²) in [4.78, 5) is 25.6. The molecule has 0 rings (SSSR count). The van der Waals surface area contributed by atoms with Crippen molar-refractivity contribution < 1.29 is 32.9 Å². The van der Waals surface area contributed by atoms with Crippen LogP contribution in [-0.4, -0.2) is 68.5 Å². The van der Waals surface area contributed by atoms with E-state index in [1.54, 1.807) is 0 Å². The number of phosphoric ester groups is 1. The van der Waals surface area contributed by atoms with Crippen LogP contribution in [0.2, 0.25) is 0 Å². The summed E-state index contributed by atoms with van der Waals surface area (Å²) in [5.41, 5.74) is 0. The van der Waals surface area contributed by atoms with Crippen LogP contribution >= 0.6 is 7.82 Å². The number of allylic oxidation sites excluding steroid dienone is 4. The lowest BCUT2D eigenvalue weighted by molar-refractivity contribution is -0.870.